The number of alkyl halides is 3. The van der Waals surface area contributed by atoms with E-state index in [1.807, 2.05) is 72.8 Å². The van der Waals surface area contributed by atoms with E-state index in [9.17, 15) is 13.2 Å². The zero-order valence-corrected chi connectivity index (χ0v) is 22.6. The SMILES string of the molecule is COc1ccc(Cn2nnnc2[C@H](c2ccc(C(F)(F)F)cc2)N(CCc2ccccc2)Cc2ccccc2)cc1. The molecule has 9 heteroatoms. The number of methoxy groups -OCH3 is 1. The van der Waals surface area contributed by atoms with Gasteiger partial charge in [-0.15, -0.1) is 5.10 Å². The van der Waals surface area contributed by atoms with Crippen LogP contribution in [0.2, 0.25) is 0 Å². The van der Waals surface area contributed by atoms with Crippen LogP contribution in [0.5, 0.6) is 5.75 Å². The number of tetrazole rings is 1. The lowest BCUT2D eigenvalue weighted by atomic mass is 10.00. The monoisotopic (exact) mass is 557 g/mol. The summed E-state index contributed by atoms with van der Waals surface area (Å²) in [5.41, 5.74) is 3.18. The minimum atomic E-state index is -4.43. The van der Waals surface area contributed by atoms with Gasteiger partial charge in [-0.05, 0) is 63.4 Å². The Hall–Kier alpha value is -4.50. The number of hydrogen-bond acceptors (Lipinski definition) is 5. The van der Waals surface area contributed by atoms with Gasteiger partial charge in [0.1, 0.15) is 5.75 Å². The molecule has 0 aliphatic heterocycles. The average molecular weight is 558 g/mol. The van der Waals surface area contributed by atoms with E-state index >= 15 is 0 Å². The van der Waals surface area contributed by atoms with E-state index in [4.69, 9.17) is 4.74 Å². The molecule has 5 rings (SSSR count). The number of aromatic nitrogens is 4. The highest BCUT2D eigenvalue weighted by Crippen LogP contribution is 2.33. The van der Waals surface area contributed by atoms with Gasteiger partial charge in [-0.25, -0.2) is 4.68 Å². The third-order valence-corrected chi connectivity index (χ3v) is 6.97. The van der Waals surface area contributed by atoms with Crippen molar-refractivity contribution in [3.8, 4) is 5.75 Å². The number of hydrogen-bond donors (Lipinski definition) is 0. The van der Waals surface area contributed by atoms with Gasteiger partial charge in [-0.1, -0.05) is 84.9 Å². The molecule has 1 atom stereocenters. The molecule has 0 unspecified atom stereocenters. The Balaban J connectivity index is 1.55. The summed E-state index contributed by atoms with van der Waals surface area (Å²) in [6, 6.07) is 32.5. The van der Waals surface area contributed by atoms with E-state index in [2.05, 4.69) is 32.6 Å². The van der Waals surface area contributed by atoms with Crippen LogP contribution in [-0.2, 0) is 25.7 Å². The summed E-state index contributed by atoms with van der Waals surface area (Å²) in [6.07, 6.45) is -3.69. The molecule has 0 saturated carbocycles. The maximum absolute atomic E-state index is 13.5. The van der Waals surface area contributed by atoms with Gasteiger partial charge in [0.2, 0.25) is 0 Å². The Morgan fingerprint density at radius 3 is 2.02 bits per heavy atom. The van der Waals surface area contributed by atoms with Crippen molar-refractivity contribution in [1.82, 2.24) is 25.1 Å². The second kappa shape index (κ2) is 12.8. The summed E-state index contributed by atoms with van der Waals surface area (Å²) < 4.78 is 47.3. The topological polar surface area (TPSA) is 56.1 Å². The highest BCUT2D eigenvalue weighted by Gasteiger charge is 2.32. The van der Waals surface area contributed by atoms with Gasteiger partial charge in [0.15, 0.2) is 5.82 Å². The number of halogens is 3. The zero-order valence-electron chi connectivity index (χ0n) is 22.6. The van der Waals surface area contributed by atoms with Gasteiger partial charge < -0.3 is 4.74 Å². The van der Waals surface area contributed by atoms with Crippen LogP contribution in [0.4, 0.5) is 13.2 Å². The van der Waals surface area contributed by atoms with Gasteiger partial charge in [-0.3, -0.25) is 4.90 Å². The Morgan fingerprint density at radius 2 is 1.41 bits per heavy atom. The molecule has 0 aliphatic carbocycles. The second-order valence-corrected chi connectivity index (χ2v) is 9.76. The van der Waals surface area contributed by atoms with Gasteiger partial charge in [0, 0.05) is 13.1 Å². The molecule has 1 heterocycles. The molecule has 0 aliphatic rings. The summed E-state index contributed by atoms with van der Waals surface area (Å²) in [4.78, 5) is 2.22. The fraction of sp³-hybridized carbons (Fsp3) is 0.219. The summed E-state index contributed by atoms with van der Waals surface area (Å²) in [7, 11) is 1.61. The van der Waals surface area contributed by atoms with E-state index in [1.54, 1.807) is 11.8 Å². The molecule has 0 bridgehead atoms. The third-order valence-electron chi connectivity index (χ3n) is 6.97. The first-order valence-corrected chi connectivity index (χ1v) is 13.3. The number of rotatable bonds is 11. The lowest BCUT2D eigenvalue weighted by molar-refractivity contribution is -0.137. The standard InChI is InChI=1S/C32H30F3N5O/c1-41-29-18-12-26(13-19-29)23-40-31(36-37-38-40)30(27-14-16-28(17-15-27)32(33,34)35)39(22-25-10-6-3-7-11-25)21-20-24-8-4-2-5-9-24/h2-19,30H,20-23H2,1H3/t30-/m0/s1. The normalized spacial score (nSPS) is 12.4. The molecule has 6 nitrogen and oxygen atoms in total. The summed E-state index contributed by atoms with van der Waals surface area (Å²) in [6.45, 7) is 1.57. The van der Waals surface area contributed by atoms with Crippen LogP contribution < -0.4 is 4.74 Å². The van der Waals surface area contributed by atoms with Crippen molar-refractivity contribution in [1.29, 1.82) is 0 Å². The second-order valence-electron chi connectivity index (χ2n) is 9.76. The van der Waals surface area contributed by atoms with Crippen LogP contribution in [-0.4, -0.2) is 38.8 Å². The molecule has 41 heavy (non-hydrogen) atoms. The summed E-state index contributed by atoms with van der Waals surface area (Å²) >= 11 is 0. The largest absolute Gasteiger partial charge is 0.497 e. The van der Waals surface area contributed by atoms with E-state index in [1.165, 1.54) is 12.1 Å². The number of ether oxygens (including phenoxy) is 1. The number of nitrogens with zero attached hydrogens (tertiary/aromatic N) is 5. The molecule has 0 amide bonds. The van der Waals surface area contributed by atoms with Crippen LogP contribution in [0.3, 0.4) is 0 Å². The highest BCUT2D eigenvalue weighted by atomic mass is 19.4. The van der Waals surface area contributed by atoms with E-state index in [0.717, 1.165) is 41.0 Å². The number of benzene rings is 4. The van der Waals surface area contributed by atoms with Crippen molar-refractivity contribution in [3.05, 3.63) is 143 Å². The Kier molecular flexibility index (Phi) is 8.74. The molecule has 0 N–H and O–H groups in total. The van der Waals surface area contributed by atoms with Crippen molar-refractivity contribution >= 4 is 0 Å². The third kappa shape index (κ3) is 7.18. The summed E-state index contributed by atoms with van der Waals surface area (Å²) in [5.74, 6) is 1.29. The molecular weight excluding hydrogens is 527 g/mol. The van der Waals surface area contributed by atoms with Crippen LogP contribution in [0, 0.1) is 0 Å². The van der Waals surface area contributed by atoms with Gasteiger partial charge >= 0.3 is 6.18 Å². The van der Waals surface area contributed by atoms with Gasteiger partial charge in [0.05, 0.1) is 25.3 Å². The molecule has 1 aromatic heterocycles. The molecule has 0 spiro atoms. The van der Waals surface area contributed by atoms with E-state index < -0.39 is 17.8 Å². The van der Waals surface area contributed by atoms with Crippen LogP contribution in [0.1, 0.15) is 39.7 Å². The molecule has 0 fully saturated rings. The molecule has 4 aromatic carbocycles. The van der Waals surface area contributed by atoms with Crippen LogP contribution >= 0.6 is 0 Å². The van der Waals surface area contributed by atoms with Crippen LogP contribution in [0.25, 0.3) is 0 Å². The molecule has 0 radical (unpaired) electrons. The molecule has 5 aromatic rings. The molecule has 0 saturated heterocycles. The van der Waals surface area contributed by atoms with Gasteiger partial charge in [-0.2, -0.15) is 13.2 Å². The molecule has 210 valence electrons. The Morgan fingerprint density at radius 1 is 0.780 bits per heavy atom. The minimum absolute atomic E-state index is 0.390. The van der Waals surface area contributed by atoms with Crippen molar-refractivity contribution in [2.45, 2.75) is 31.7 Å². The predicted molar refractivity (Wildman–Crippen MR) is 150 cm³/mol. The lowest BCUT2D eigenvalue weighted by Gasteiger charge is -2.32. The van der Waals surface area contributed by atoms with Crippen molar-refractivity contribution in [2.24, 2.45) is 0 Å². The van der Waals surface area contributed by atoms with Crippen molar-refractivity contribution in [3.63, 3.8) is 0 Å². The maximum Gasteiger partial charge on any atom is 0.416 e. The van der Waals surface area contributed by atoms with Crippen molar-refractivity contribution < 1.29 is 17.9 Å². The Labute approximate surface area is 237 Å². The zero-order chi connectivity index (χ0) is 28.7. The first-order chi connectivity index (χ1) is 19.9. The predicted octanol–water partition coefficient (Wildman–Crippen LogP) is 6.58. The van der Waals surface area contributed by atoms with Crippen molar-refractivity contribution in [2.75, 3.05) is 13.7 Å². The first-order valence-electron chi connectivity index (χ1n) is 13.3. The average Bonchev–Trinajstić information content (AvgIpc) is 3.44. The van der Waals surface area contributed by atoms with Crippen LogP contribution in [0.15, 0.2) is 109 Å². The maximum atomic E-state index is 13.5. The first kappa shape index (κ1) is 28.0. The smallest absolute Gasteiger partial charge is 0.416 e. The fourth-order valence-electron chi connectivity index (χ4n) is 4.84. The molecular formula is C32H30F3N5O. The highest BCUT2D eigenvalue weighted by molar-refractivity contribution is 5.32. The van der Waals surface area contributed by atoms with E-state index in [-0.39, 0.29) is 0 Å². The quantitative estimate of drug-likeness (QED) is 0.184. The Bertz CT molecular complexity index is 1510. The lowest BCUT2D eigenvalue weighted by Crippen LogP contribution is -2.33. The minimum Gasteiger partial charge on any atom is -0.497 e. The fourth-order valence-corrected chi connectivity index (χ4v) is 4.84. The van der Waals surface area contributed by atoms with Gasteiger partial charge in [0.25, 0.3) is 0 Å². The van der Waals surface area contributed by atoms with E-state index in [0.29, 0.717) is 31.0 Å². The summed E-state index contributed by atoms with van der Waals surface area (Å²) in [5, 5.41) is 12.7.